The van der Waals surface area contributed by atoms with E-state index in [0.29, 0.717) is 0 Å². The van der Waals surface area contributed by atoms with E-state index in [1.54, 1.807) is 0 Å². The zero-order valence-corrected chi connectivity index (χ0v) is 14.4. The van der Waals surface area contributed by atoms with Crippen LogP contribution in [0.1, 0.15) is 17.5 Å². The van der Waals surface area contributed by atoms with E-state index >= 15 is 0 Å². The maximum absolute atomic E-state index is 5.36. The van der Waals surface area contributed by atoms with Gasteiger partial charge < -0.3 is 10.1 Å². The highest BCUT2D eigenvalue weighted by Crippen LogP contribution is 2.15. The molecule has 0 radical (unpaired) electrons. The Morgan fingerprint density at radius 3 is 2.71 bits per heavy atom. The van der Waals surface area contributed by atoms with Crippen molar-refractivity contribution in [3.8, 4) is 11.4 Å². The second kappa shape index (κ2) is 8.87. The Morgan fingerprint density at radius 2 is 1.96 bits per heavy atom. The molecule has 2 aromatic rings. The summed E-state index contributed by atoms with van der Waals surface area (Å²) < 4.78 is 5.36. The molecule has 0 bridgehead atoms. The molecular formula is C19H26N4O. The third-order valence-corrected chi connectivity index (χ3v) is 4.24. The van der Waals surface area contributed by atoms with Gasteiger partial charge in [-0.25, -0.2) is 9.97 Å². The lowest BCUT2D eigenvalue weighted by molar-refractivity contribution is 0.0374. The molecule has 1 aliphatic heterocycles. The molecule has 0 spiro atoms. The monoisotopic (exact) mass is 326 g/mol. The van der Waals surface area contributed by atoms with Crippen molar-refractivity contribution in [1.29, 1.82) is 0 Å². The number of nitrogens with zero attached hydrogens (tertiary/aromatic N) is 3. The maximum Gasteiger partial charge on any atom is 0.159 e. The van der Waals surface area contributed by atoms with Crippen LogP contribution in [-0.4, -0.2) is 54.3 Å². The van der Waals surface area contributed by atoms with E-state index in [1.807, 2.05) is 24.5 Å². The van der Waals surface area contributed by atoms with E-state index in [1.165, 1.54) is 5.56 Å². The molecule has 1 aromatic carbocycles. The van der Waals surface area contributed by atoms with Crippen LogP contribution in [0, 0.1) is 6.92 Å². The summed E-state index contributed by atoms with van der Waals surface area (Å²) in [6, 6.07) is 8.28. The number of nitrogens with one attached hydrogen (secondary N) is 1. The smallest absolute Gasteiger partial charge is 0.159 e. The molecule has 1 N–H and O–H groups in total. The largest absolute Gasteiger partial charge is 0.379 e. The number of aryl methyl sites for hydroxylation is 1. The van der Waals surface area contributed by atoms with Crippen molar-refractivity contribution in [3.63, 3.8) is 0 Å². The van der Waals surface area contributed by atoms with Crippen molar-refractivity contribution in [3.05, 3.63) is 47.8 Å². The van der Waals surface area contributed by atoms with E-state index in [9.17, 15) is 0 Å². The molecule has 3 rings (SSSR count). The van der Waals surface area contributed by atoms with Gasteiger partial charge in [-0.05, 0) is 32.5 Å². The second-order valence-corrected chi connectivity index (χ2v) is 6.27. The van der Waals surface area contributed by atoms with Gasteiger partial charge in [0.1, 0.15) is 0 Å². The molecule has 24 heavy (non-hydrogen) atoms. The summed E-state index contributed by atoms with van der Waals surface area (Å²) in [6.07, 6.45) is 4.99. The zero-order valence-electron chi connectivity index (χ0n) is 14.4. The molecule has 5 heteroatoms. The summed E-state index contributed by atoms with van der Waals surface area (Å²) in [6.45, 7) is 8.92. The lowest BCUT2D eigenvalue weighted by Crippen LogP contribution is -2.37. The number of aromatic nitrogens is 2. The number of benzene rings is 1. The highest BCUT2D eigenvalue weighted by atomic mass is 16.5. The molecule has 0 unspecified atom stereocenters. The summed E-state index contributed by atoms with van der Waals surface area (Å²) >= 11 is 0. The fourth-order valence-corrected chi connectivity index (χ4v) is 2.86. The van der Waals surface area contributed by atoms with Crippen LogP contribution in [0.2, 0.25) is 0 Å². The standard InChI is InChI=1S/C19H26N4O/c1-16-4-2-5-18(12-16)19-21-14-17(15-22-19)13-20-6-3-7-23-8-10-24-11-9-23/h2,4-5,12,14-15,20H,3,6-11,13H2,1H3. The Morgan fingerprint density at radius 1 is 1.17 bits per heavy atom. The van der Waals surface area contributed by atoms with Gasteiger partial charge >= 0.3 is 0 Å². The number of hydrogen-bond donors (Lipinski definition) is 1. The van der Waals surface area contributed by atoms with Gasteiger partial charge in [-0.2, -0.15) is 0 Å². The summed E-state index contributed by atoms with van der Waals surface area (Å²) in [4.78, 5) is 11.4. The molecule has 0 atom stereocenters. The van der Waals surface area contributed by atoms with Gasteiger partial charge in [0.05, 0.1) is 13.2 Å². The SMILES string of the molecule is Cc1cccc(-c2ncc(CNCCCN3CCOCC3)cn2)c1. The van der Waals surface area contributed by atoms with Crippen LogP contribution in [0.3, 0.4) is 0 Å². The lowest BCUT2D eigenvalue weighted by atomic mass is 10.1. The van der Waals surface area contributed by atoms with Crippen LogP contribution in [0.25, 0.3) is 11.4 Å². The highest BCUT2D eigenvalue weighted by molar-refractivity contribution is 5.55. The van der Waals surface area contributed by atoms with Crippen LogP contribution < -0.4 is 5.32 Å². The van der Waals surface area contributed by atoms with Crippen molar-refractivity contribution >= 4 is 0 Å². The summed E-state index contributed by atoms with van der Waals surface area (Å²) in [5.74, 6) is 0.787. The van der Waals surface area contributed by atoms with Crippen molar-refractivity contribution in [2.24, 2.45) is 0 Å². The van der Waals surface area contributed by atoms with Crippen molar-refractivity contribution in [2.75, 3.05) is 39.4 Å². The Hall–Kier alpha value is -1.82. The maximum atomic E-state index is 5.36. The minimum Gasteiger partial charge on any atom is -0.379 e. The Labute approximate surface area is 144 Å². The number of ether oxygens (including phenoxy) is 1. The van der Waals surface area contributed by atoms with Gasteiger partial charge in [0.15, 0.2) is 5.82 Å². The molecule has 128 valence electrons. The zero-order chi connectivity index (χ0) is 16.6. The predicted octanol–water partition coefficient (Wildman–Crippen LogP) is 2.26. The van der Waals surface area contributed by atoms with Gasteiger partial charge in [-0.15, -0.1) is 0 Å². The topological polar surface area (TPSA) is 50.3 Å². The minimum atomic E-state index is 0.787. The first kappa shape index (κ1) is 17.0. The quantitative estimate of drug-likeness (QED) is 0.791. The predicted molar refractivity (Wildman–Crippen MR) is 95.8 cm³/mol. The molecular weight excluding hydrogens is 300 g/mol. The van der Waals surface area contributed by atoms with Crippen LogP contribution >= 0.6 is 0 Å². The first-order chi connectivity index (χ1) is 11.8. The van der Waals surface area contributed by atoms with Gasteiger partial charge in [0.2, 0.25) is 0 Å². The summed E-state index contributed by atoms with van der Waals surface area (Å²) in [7, 11) is 0. The molecule has 1 aliphatic rings. The number of rotatable bonds is 7. The second-order valence-electron chi connectivity index (χ2n) is 6.27. The molecule has 1 fully saturated rings. The average Bonchev–Trinajstić information content (AvgIpc) is 2.63. The van der Waals surface area contributed by atoms with Crippen molar-refractivity contribution in [1.82, 2.24) is 20.2 Å². The first-order valence-electron chi connectivity index (χ1n) is 8.70. The van der Waals surface area contributed by atoms with E-state index in [4.69, 9.17) is 4.74 Å². The number of morpholine rings is 1. The fraction of sp³-hybridized carbons (Fsp3) is 0.474. The molecule has 2 heterocycles. The van der Waals surface area contributed by atoms with E-state index < -0.39 is 0 Å². The minimum absolute atomic E-state index is 0.787. The van der Waals surface area contributed by atoms with Crippen LogP contribution in [0.5, 0.6) is 0 Å². The highest BCUT2D eigenvalue weighted by Gasteiger charge is 2.09. The van der Waals surface area contributed by atoms with Gasteiger partial charge in [0.25, 0.3) is 0 Å². The van der Waals surface area contributed by atoms with Crippen molar-refractivity contribution in [2.45, 2.75) is 19.9 Å². The average molecular weight is 326 g/mol. The molecule has 1 aromatic heterocycles. The Bertz CT molecular complexity index is 624. The Kier molecular flexibility index (Phi) is 6.29. The summed E-state index contributed by atoms with van der Waals surface area (Å²) in [5.41, 5.74) is 3.42. The Balaban J connectivity index is 1.40. The van der Waals surface area contributed by atoms with Crippen LogP contribution in [-0.2, 0) is 11.3 Å². The molecule has 0 amide bonds. The van der Waals surface area contributed by atoms with Gasteiger partial charge in [0, 0.05) is 43.2 Å². The third kappa shape index (κ3) is 5.09. The lowest BCUT2D eigenvalue weighted by Gasteiger charge is -2.26. The molecule has 5 nitrogen and oxygen atoms in total. The van der Waals surface area contributed by atoms with E-state index in [2.05, 4.69) is 39.2 Å². The molecule has 0 saturated carbocycles. The normalized spacial score (nSPS) is 15.5. The molecule has 0 aliphatic carbocycles. The summed E-state index contributed by atoms with van der Waals surface area (Å²) in [5, 5.41) is 3.47. The van der Waals surface area contributed by atoms with Crippen molar-refractivity contribution < 1.29 is 4.74 Å². The van der Waals surface area contributed by atoms with E-state index in [-0.39, 0.29) is 0 Å². The number of hydrogen-bond acceptors (Lipinski definition) is 5. The third-order valence-electron chi connectivity index (χ3n) is 4.24. The van der Waals surface area contributed by atoms with Gasteiger partial charge in [-0.3, -0.25) is 4.90 Å². The van der Waals surface area contributed by atoms with Crippen LogP contribution in [0.4, 0.5) is 0 Å². The van der Waals surface area contributed by atoms with Crippen LogP contribution in [0.15, 0.2) is 36.7 Å². The first-order valence-corrected chi connectivity index (χ1v) is 8.70. The van der Waals surface area contributed by atoms with E-state index in [0.717, 1.165) is 69.3 Å². The fourth-order valence-electron chi connectivity index (χ4n) is 2.86. The molecule has 1 saturated heterocycles. The van der Waals surface area contributed by atoms with Gasteiger partial charge in [-0.1, -0.05) is 23.8 Å².